The van der Waals surface area contributed by atoms with Gasteiger partial charge in [-0.25, -0.2) is 18.2 Å². The first-order chi connectivity index (χ1) is 12.3. The van der Waals surface area contributed by atoms with Crippen LogP contribution in [0.15, 0.2) is 47.5 Å². The second-order valence-corrected chi connectivity index (χ2v) is 7.97. The Morgan fingerprint density at radius 1 is 1.19 bits per heavy atom. The van der Waals surface area contributed by atoms with Crippen LogP contribution in [0, 0.1) is 0 Å². The SMILES string of the molecule is CC1C(=O)NC(=O)N1CS(=O)(=O)c1ccc(Oc2ccc(Cl)cn2)cc1. The predicted molar refractivity (Wildman–Crippen MR) is 92.7 cm³/mol. The number of carbonyl (C=O) groups excluding carboxylic acids is 2. The van der Waals surface area contributed by atoms with Crippen molar-refractivity contribution in [1.29, 1.82) is 0 Å². The molecule has 1 aromatic carbocycles. The number of hydrogen-bond acceptors (Lipinski definition) is 6. The Hall–Kier alpha value is -2.65. The van der Waals surface area contributed by atoms with E-state index in [9.17, 15) is 18.0 Å². The number of amides is 3. The maximum Gasteiger partial charge on any atom is 0.325 e. The summed E-state index contributed by atoms with van der Waals surface area (Å²) in [7, 11) is -3.80. The van der Waals surface area contributed by atoms with Crippen LogP contribution < -0.4 is 10.1 Å². The second kappa shape index (κ2) is 6.93. The Kier molecular flexibility index (Phi) is 4.84. The van der Waals surface area contributed by atoms with E-state index in [-0.39, 0.29) is 4.90 Å². The number of pyridine rings is 1. The number of halogens is 1. The number of imide groups is 1. The van der Waals surface area contributed by atoms with Crippen molar-refractivity contribution in [3.63, 3.8) is 0 Å². The molecule has 1 N–H and O–H groups in total. The summed E-state index contributed by atoms with van der Waals surface area (Å²) in [6.45, 7) is 1.46. The van der Waals surface area contributed by atoms with Crippen LogP contribution in [0.2, 0.25) is 5.02 Å². The largest absolute Gasteiger partial charge is 0.439 e. The quantitative estimate of drug-likeness (QED) is 0.778. The highest BCUT2D eigenvalue weighted by molar-refractivity contribution is 7.91. The molecule has 1 atom stereocenters. The third kappa shape index (κ3) is 3.78. The molecule has 0 bridgehead atoms. The molecule has 1 saturated heterocycles. The molecule has 1 fully saturated rings. The van der Waals surface area contributed by atoms with Gasteiger partial charge in [0, 0.05) is 12.3 Å². The van der Waals surface area contributed by atoms with Crippen LogP contribution in [0.25, 0.3) is 0 Å². The molecule has 2 aromatic rings. The Balaban J connectivity index is 1.73. The van der Waals surface area contributed by atoms with Gasteiger partial charge in [0.05, 0.1) is 9.92 Å². The first kappa shape index (κ1) is 18.2. The highest BCUT2D eigenvalue weighted by Gasteiger charge is 2.37. The van der Waals surface area contributed by atoms with Crippen molar-refractivity contribution in [3.05, 3.63) is 47.6 Å². The Labute approximate surface area is 154 Å². The van der Waals surface area contributed by atoms with Crippen LogP contribution in [-0.2, 0) is 14.6 Å². The summed E-state index contributed by atoms with van der Waals surface area (Å²) < 4.78 is 30.5. The van der Waals surface area contributed by atoms with Gasteiger partial charge in [0.25, 0.3) is 5.91 Å². The van der Waals surface area contributed by atoms with Crippen LogP contribution in [0.1, 0.15) is 6.92 Å². The van der Waals surface area contributed by atoms with Crippen LogP contribution in [0.3, 0.4) is 0 Å². The summed E-state index contributed by atoms with van der Waals surface area (Å²) in [6, 6.07) is 7.31. The number of aromatic nitrogens is 1. The zero-order chi connectivity index (χ0) is 18.9. The molecule has 10 heteroatoms. The van der Waals surface area contributed by atoms with Crippen molar-refractivity contribution < 1.29 is 22.7 Å². The van der Waals surface area contributed by atoms with Crippen molar-refractivity contribution >= 4 is 33.4 Å². The highest BCUT2D eigenvalue weighted by atomic mass is 35.5. The molecular weight excluding hydrogens is 382 g/mol. The number of ether oxygens (including phenoxy) is 1. The molecule has 1 aliphatic heterocycles. The number of benzene rings is 1. The smallest absolute Gasteiger partial charge is 0.325 e. The van der Waals surface area contributed by atoms with Crippen LogP contribution >= 0.6 is 11.6 Å². The molecule has 0 spiro atoms. The number of carbonyl (C=O) groups is 2. The Bertz CT molecular complexity index is 945. The third-order valence-electron chi connectivity index (χ3n) is 3.75. The lowest BCUT2D eigenvalue weighted by Crippen LogP contribution is -2.37. The average molecular weight is 396 g/mol. The number of rotatable bonds is 5. The number of nitrogens with zero attached hydrogens (tertiary/aromatic N) is 2. The zero-order valence-electron chi connectivity index (χ0n) is 13.5. The topological polar surface area (TPSA) is 106 Å². The molecule has 1 aliphatic rings. The van der Waals surface area contributed by atoms with Crippen molar-refractivity contribution in [1.82, 2.24) is 15.2 Å². The first-order valence-corrected chi connectivity index (χ1v) is 9.53. The minimum atomic E-state index is -3.80. The van der Waals surface area contributed by atoms with Crippen molar-refractivity contribution in [2.75, 3.05) is 5.88 Å². The molecule has 136 valence electrons. The van der Waals surface area contributed by atoms with Gasteiger partial charge >= 0.3 is 6.03 Å². The summed E-state index contributed by atoms with van der Waals surface area (Å²) in [4.78, 5) is 28.1. The molecular formula is C16H14ClN3O5S. The van der Waals surface area contributed by atoms with E-state index in [1.54, 1.807) is 12.1 Å². The van der Waals surface area contributed by atoms with Crippen molar-refractivity contribution in [2.24, 2.45) is 0 Å². The van der Waals surface area contributed by atoms with Gasteiger partial charge in [-0.3, -0.25) is 15.0 Å². The van der Waals surface area contributed by atoms with E-state index in [2.05, 4.69) is 10.3 Å². The van der Waals surface area contributed by atoms with Crippen molar-refractivity contribution in [3.8, 4) is 11.6 Å². The molecule has 1 unspecified atom stereocenters. The standard InChI is InChI=1S/C16H14ClN3O5S/c1-10-15(21)19-16(22)20(10)9-26(23,24)13-5-3-12(4-6-13)25-14-7-2-11(17)8-18-14/h2-8,10H,9H2,1H3,(H,19,21,22). The second-order valence-electron chi connectivity index (χ2n) is 5.57. The lowest BCUT2D eigenvalue weighted by Gasteiger charge is -2.18. The van der Waals surface area contributed by atoms with Gasteiger partial charge in [-0.1, -0.05) is 11.6 Å². The van der Waals surface area contributed by atoms with Crippen LogP contribution in [-0.4, -0.2) is 42.2 Å². The van der Waals surface area contributed by atoms with Gasteiger partial charge in [0.2, 0.25) is 5.88 Å². The molecule has 26 heavy (non-hydrogen) atoms. The number of hydrogen-bond donors (Lipinski definition) is 1. The number of nitrogens with one attached hydrogen (secondary N) is 1. The maximum atomic E-state index is 12.5. The maximum absolute atomic E-state index is 12.5. The fourth-order valence-electron chi connectivity index (χ4n) is 2.29. The average Bonchev–Trinajstić information content (AvgIpc) is 2.83. The normalized spacial score (nSPS) is 17.3. The van der Waals surface area contributed by atoms with E-state index in [4.69, 9.17) is 16.3 Å². The lowest BCUT2D eigenvalue weighted by atomic mass is 10.3. The summed E-state index contributed by atoms with van der Waals surface area (Å²) in [5.41, 5.74) is 0. The van der Waals surface area contributed by atoms with E-state index in [1.165, 1.54) is 37.4 Å². The summed E-state index contributed by atoms with van der Waals surface area (Å²) >= 11 is 5.75. The van der Waals surface area contributed by atoms with Crippen LogP contribution in [0.5, 0.6) is 11.6 Å². The van der Waals surface area contributed by atoms with E-state index >= 15 is 0 Å². The monoisotopic (exact) mass is 395 g/mol. The molecule has 8 nitrogen and oxygen atoms in total. The fraction of sp³-hybridized carbons (Fsp3) is 0.188. The minimum absolute atomic E-state index is 0.00765. The molecule has 2 heterocycles. The van der Waals surface area contributed by atoms with Gasteiger partial charge in [0.1, 0.15) is 17.7 Å². The molecule has 3 amide bonds. The summed E-state index contributed by atoms with van der Waals surface area (Å²) in [5, 5.41) is 2.55. The Morgan fingerprint density at radius 3 is 2.42 bits per heavy atom. The number of sulfone groups is 1. The molecule has 3 rings (SSSR count). The fourth-order valence-corrected chi connectivity index (χ4v) is 3.80. The predicted octanol–water partition coefficient (Wildman–Crippen LogP) is 2.20. The van der Waals surface area contributed by atoms with E-state index < -0.39 is 33.7 Å². The highest BCUT2D eigenvalue weighted by Crippen LogP contribution is 2.23. The van der Waals surface area contributed by atoms with E-state index in [0.717, 1.165) is 4.90 Å². The minimum Gasteiger partial charge on any atom is -0.439 e. The van der Waals surface area contributed by atoms with Gasteiger partial charge < -0.3 is 4.74 Å². The molecule has 0 saturated carbocycles. The van der Waals surface area contributed by atoms with Gasteiger partial charge in [-0.15, -0.1) is 0 Å². The lowest BCUT2D eigenvalue weighted by molar-refractivity contribution is -0.120. The van der Waals surface area contributed by atoms with Crippen LogP contribution in [0.4, 0.5) is 4.79 Å². The number of urea groups is 1. The molecule has 1 aromatic heterocycles. The zero-order valence-corrected chi connectivity index (χ0v) is 15.1. The van der Waals surface area contributed by atoms with Gasteiger partial charge in [0.15, 0.2) is 9.84 Å². The van der Waals surface area contributed by atoms with E-state index in [1.807, 2.05) is 0 Å². The third-order valence-corrected chi connectivity index (χ3v) is 5.58. The summed E-state index contributed by atoms with van der Waals surface area (Å²) in [5.74, 6) is -0.415. The summed E-state index contributed by atoms with van der Waals surface area (Å²) in [6.07, 6.45) is 1.43. The first-order valence-electron chi connectivity index (χ1n) is 7.50. The van der Waals surface area contributed by atoms with Crippen molar-refractivity contribution in [2.45, 2.75) is 17.9 Å². The Morgan fingerprint density at radius 2 is 1.88 bits per heavy atom. The molecule has 0 aliphatic carbocycles. The van der Waals surface area contributed by atoms with Gasteiger partial charge in [-0.05, 0) is 37.3 Å². The van der Waals surface area contributed by atoms with E-state index in [0.29, 0.717) is 16.7 Å². The molecule has 0 radical (unpaired) electrons. The van der Waals surface area contributed by atoms with Gasteiger partial charge in [-0.2, -0.15) is 0 Å².